The minimum Gasteiger partial charge on any atom is -0.496 e. The summed E-state index contributed by atoms with van der Waals surface area (Å²) in [6.45, 7) is 1.69. The van der Waals surface area contributed by atoms with Gasteiger partial charge in [-0.25, -0.2) is 0 Å². The molecule has 0 aliphatic heterocycles. The van der Waals surface area contributed by atoms with Crippen LogP contribution in [0, 0.1) is 17.0 Å². The third-order valence-electron chi connectivity index (χ3n) is 3.77. The zero-order chi connectivity index (χ0) is 20.1. The second kappa shape index (κ2) is 8.53. The van der Waals surface area contributed by atoms with Crippen LogP contribution in [0.15, 0.2) is 52.1 Å². The average molecular weight is 400 g/mol. The van der Waals surface area contributed by atoms with E-state index in [1.807, 2.05) is 12.1 Å². The molecule has 0 aliphatic carbocycles. The van der Waals surface area contributed by atoms with Gasteiger partial charge in [0.05, 0.1) is 23.3 Å². The van der Waals surface area contributed by atoms with E-state index in [-0.39, 0.29) is 22.6 Å². The fraction of sp³-hybridized carbons (Fsp3) is 0.167. The minimum absolute atomic E-state index is 0.0281. The van der Waals surface area contributed by atoms with Crippen LogP contribution < -0.4 is 10.1 Å². The molecule has 0 saturated carbocycles. The van der Waals surface area contributed by atoms with Gasteiger partial charge in [-0.3, -0.25) is 14.9 Å². The second-order valence-corrected chi connectivity index (χ2v) is 6.59. The molecule has 1 heterocycles. The van der Waals surface area contributed by atoms with Crippen molar-refractivity contribution in [3.63, 3.8) is 0 Å². The lowest BCUT2D eigenvalue weighted by molar-refractivity contribution is -0.384. The van der Waals surface area contributed by atoms with Gasteiger partial charge in [-0.05, 0) is 30.7 Å². The quantitative estimate of drug-likeness (QED) is 0.362. The number of thioether (sulfide) groups is 1. The molecule has 1 aromatic heterocycles. The Hall–Kier alpha value is -3.40. The highest BCUT2D eigenvalue weighted by Crippen LogP contribution is 2.30. The van der Waals surface area contributed by atoms with Crippen molar-refractivity contribution in [1.29, 1.82) is 0 Å². The van der Waals surface area contributed by atoms with E-state index >= 15 is 0 Å². The molecule has 144 valence electrons. The predicted octanol–water partition coefficient (Wildman–Crippen LogP) is 3.69. The highest BCUT2D eigenvalue weighted by molar-refractivity contribution is 7.99. The summed E-state index contributed by atoms with van der Waals surface area (Å²) in [5.74, 6) is 0.656. The van der Waals surface area contributed by atoms with Crippen molar-refractivity contribution in [3.8, 4) is 17.2 Å². The molecule has 0 fully saturated rings. The first-order valence-electron chi connectivity index (χ1n) is 8.12. The van der Waals surface area contributed by atoms with E-state index in [2.05, 4.69) is 15.5 Å². The molecule has 3 aromatic rings. The third kappa shape index (κ3) is 4.46. The van der Waals surface area contributed by atoms with Crippen LogP contribution >= 0.6 is 11.8 Å². The predicted molar refractivity (Wildman–Crippen MR) is 103 cm³/mol. The summed E-state index contributed by atoms with van der Waals surface area (Å²) in [7, 11) is 1.55. The first-order valence-corrected chi connectivity index (χ1v) is 9.11. The molecule has 1 amide bonds. The Kier molecular flexibility index (Phi) is 5.90. The molecule has 3 rings (SSSR count). The molecule has 2 aromatic carbocycles. The summed E-state index contributed by atoms with van der Waals surface area (Å²) in [5.41, 5.74) is 1.75. The van der Waals surface area contributed by atoms with Crippen molar-refractivity contribution in [2.24, 2.45) is 0 Å². The summed E-state index contributed by atoms with van der Waals surface area (Å²) in [6, 6.07) is 11.5. The van der Waals surface area contributed by atoms with E-state index in [0.29, 0.717) is 28.5 Å². The number of ether oxygens (including phenoxy) is 1. The smallest absolute Gasteiger partial charge is 0.277 e. The molecule has 0 spiro atoms. The number of aromatic nitrogens is 2. The van der Waals surface area contributed by atoms with E-state index < -0.39 is 4.92 Å². The second-order valence-electron chi connectivity index (χ2n) is 5.67. The van der Waals surface area contributed by atoms with Gasteiger partial charge in [-0.2, -0.15) is 0 Å². The molecule has 0 unspecified atom stereocenters. The van der Waals surface area contributed by atoms with Crippen LogP contribution in [0.25, 0.3) is 11.5 Å². The van der Waals surface area contributed by atoms with Crippen molar-refractivity contribution in [2.75, 3.05) is 18.2 Å². The number of aryl methyl sites for hydroxylation is 1. The van der Waals surface area contributed by atoms with Gasteiger partial charge in [-0.1, -0.05) is 23.9 Å². The molecular weight excluding hydrogens is 384 g/mol. The molecule has 0 atom stereocenters. The highest BCUT2D eigenvalue weighted by Gasteiger charge is 2.15. The van der Waals surface area contributed by atoms with E-state index in [1.165, 1.54) is 18.2 Å². The van der Waals surface area contributed by atoms with Gasteiger partial charge < -0.3 is 14.5 Å². The van der Waals surface area contributed by atoms with Crippen LogP contribution in [0.1, 0.15) is 5.56 Å². The first-order chi connectivity index (χ1) is 13.5. The van der Waals surface area contributed by atoms with Gasteiger partial charge in [0.2, 0.25) is 5.91 Å². The lowest BCUT2D eigenvalue weighted by Crippen LogP contribution is -2.14. The Bertz CT molecular complexity index is 1020. The van der Waals surface area contributed by atoms with Crippen LogP contribution in [-0.4, -0.2) is 33.9 Å². The van der Waals surface area contributed by atoms with E-state index in [1.54, 1.807) is 26.2 Å². The maximum Gasteiger partial charge on any atom is 0.277 e. The lowest BCUT2D eigenvalue weighted by atomic mass is 10.2. The summed E-state index contributed by atoms with van der Waals surface area (Å²) in [6.07, 6.45) is 0. The zero-order valence-electron chi connectivity index (χ0n) is 15.0. The standard InChI is InChI=1S/C18H16N4O5S/c1-11-9-12(22(24)25)7-8-14(11)19-16(23)10-28-18-21-20-17(27-18)13-5-3-4-6-15(13)26-2/h3-9H,10H2,1-2H3,(H,19,23). The summed E-state index contributed by atoms with van der Waals surface area (Å²) >= 11 is 1.09. The SMILES string of the molecule is COc1ccccc1-c1nnc(SCC(=O)Nc2ccc([N+](=O)[O-])cc2C)o1. The van der Waals surface area contributed by atoms with Crippen LogP contribution in [0.5, 0.6) is 5.75 Å². The Labute approximate surface area is 164 Å². The number of nitrogens with zero attached hydrogens (tertiary/aromatic N) is 3. The van der Waals surface area contributed by atoms with Crippen LogP contribution in [0.3, 0.4) is 0 Å². The summed E-state index contributed by atoms with van der Waals surface area (Å²) < 4.78 is 10.9. The van der Waals surface area contributed by atoms with Gasteiger partial charge in [0.25, 0.3) is 16.8 Å². The number of rotatable bonds is 7. The minimum atomic E-state index is -0.483. The number of non-ortho nitro benzene ring substituents is 1. The number of carbonyl (C=O) groups excluding carboxylic acids is 1. The van der Waals surface area contributed by atoms with Crippen molar-refractivity contribution in [3.05, 3.63) is 58.1 Å². The fourth-order valence-corrected chi connectivity index (χ4v) is 2.98. The van der Waals surface area contributed by atoms with Gasteiger partial charge >= 0.3 is 0 Å². The number of anilines is 1. The maximum absolute atomic E-state index is 12.2. The Morgan fingerprint density at radius 2 is 2.07 bits per heavy atom. The summed E-state index contributed by atoms with van der Waals surface area (Å²) in [4.78, 5) is 22.5. The Morgan fingerprint density at radius 1 is 1.29 bits per heavy atom. The number of para-hydroxylation sites is 1. The number of benzene rings is 2. The lowest BCUT2D eigenvalue weighted by Gasteiger charge is -2.07. The van der Waals surface area contributed by atoms with Crippen molar-refractivity contribution in [2.45, 2.75) is 12.1 Å². The summed E-state index contributed by atoms with van der Waals surface area (Å²) in [5, 5.41) is 21.6. The molecule has 9 nitrogen and oxygen atoms in total. The largest absolute Gasteiger partial charge is 0.496 e. The fourth-order valence-electron chi connectivity index (χ4n) is 2.41. The Balaban J connectivity index is 1.61. The molecular formula is C18H16N4O5S. The normalized spacial score (nSPS) is 10.5. The van der Waals surface area contributed by atoms with E-state index in [9.17, 15) is 14.9 Å². The molecule has 10 heteroatoms. The molecule has 0 aliphatic rings. The van der Waals surface area contributed by atoms with E-state index in [4.69, 9.17) is 9.15 Å². The van der Waals surface area contributed by atoms with Gasteiger partial charge in [0.1, 0.15) is 5.75 Å². The van der Waals surface area contributed by atoms with Gasteiger partial charge in [0, 0.05) is 17.8 Å². The average Bonchev–Trinajstić information content (AvgIpc) is 3.16. The number of amides is 1. The van der Waals surface area contributed by atoms with Crippen LogP contribution in [0.2, 0.25) is 0 Å². The van der Waals surface area contributed by atoms with Crippen molar-refractivity contribution < 1.29 is 18.9 Å². The van der Waals surface area contributed by atoms with Crippen molar-refractivity contribution in [1.82, 2.24) is 10.2 Å². The molecule has 0 saturated heterocycles. The molecule has 0 radical (unpaired) electrons. The molecule has 1 N–H and O–H groups in total. The van der Waals surface area contributed by atoms with Crippen molar-refractivity contribution >= 4 is 29.0 Å². The van der Waals surface area contributed by atoms with Crippen LogP contribution in [-0.2, 0) is 4.79 Å². The monoisotopic (exact) mass is 400 g/mol. The number of nitro groups is 1. The topological polar surface area (TPSA) is 120 Å². The number of methoxy groups -OCH3 is 1. The maximum atomic E-state index is 12.2. The number of nitro benzene ring substituents is 1. The number of hydrogen-bond donors (Lipinski definition) is 1. The zero-order valence-corrected chi connectivity index (χ0v) is 15.9. The molecule has 0 bridgehead atoms. The van der Waals surface area contributed by atoms with E-state index in [0.717, 1.165) is 11.8 Å². The van der Waals surface area contributed by atoms with Crippen LogP contribution in [0.4, 0.5) is 11.4 Å². The Morgan fingerprint density at radius 3 is 2.79 bits per heavy atom. The highest BCUT2D eigenvalue weighted by atomic mass is 32.2. The third-order valence-corrected chi connectivity index (χ3v) is 4.58. The number of carbonyl (C=O) groups is 1. The van der Waals surface area contributed by atoms with Gasteiger partial charge in [0.15, 0.2) is 0 Å². The molecule has 28 heavy (non-hydrogen) atoms. The number of hydrogen-bond acceptors (Lipinski definition) is 8. The van der Waals surface area contributed by atoms with Gasteiger partial charge in [-0.15, -0.1) is 10.2 Å². The first kappa shape index (κ1) is 19.4. The number of nitrogens with one attached hydrogen (secondary N) is 1.